The largest absolute Gasteiger partial charge is 0.481 e. The van der Waals surface area contributed by atoms with Gasteiger partial charge >= 0.3 is 33.3 Å². The average Bonchev–Trinajstić information content (AvgIpc) is 2.12. The molecule has 0 aliphatic rings. The molecule has 130 valence electrons. The molecular formula is C7H14O13P2. The number of Topliss-reactive ketones (excluding diaryl/α,β-unsaturated/α-hetero) is 1. The zero-order valence-corrected chi connectivity index (χ0v) is 11.6. The second-order valence-corrected chi connectivity index (χ2v) is 6.14. The van der Waals surface area contributed by atoms with E-state index < -0.39 is 45.2 Å². The molecule has 0 aromatic carbocycles. The van der Waals surface area contributed by atoms with E-state index in [4.69, 9.17) is 39.4 Å². The SMILES string of the molecule is C.O=C(O)C(=O)CP(=O)(O)O.O=C(O)CP(=O)(O)O.O=C=O. The minimum atomic E-state index is -4.51. The molecule has 0 aromatic heterocycles. The third-order valence-corrected chi connectivity index (χ3v) is 2.31. The first kappa shape index (κ1) is 28.5. The first-order valence-corrected chi connectivity index (χ1v) is 7.82. The Bertz CT molecular complexity index is 491. The lowest BCUT2D eigenvalue weighted by atomic mass is 10.5. The smallest absolute Gasteiger partial charge is 0.373 e. The molecule has 0 aliphatic heterocycles. The second kappa shape index (κ2) is 13.0. The quantitative estimate of drug-likeness (QED) is 0.230. The molecule has 0 radical (unpaired) electrons. The lowest BCUT2D eigenvalue weighted by Crippen LogP contribution is -2.16. The van der Waals surface area contributed by atoms with Gasteiger partial charge in [0.2, 0.25) is 0 Å². The van der Waals surface area contributed by atoms with E-state index in [9.17, 15) is 23.5 Å². The molecule has 0 unspecified atom stereocenters. The van der Waals surface area contributed by atoms with Gasteiger partial charge in [0.15, 0.2) is 0 Å². The number of carboxylic acids is 2. The number of rotatable bonds is 5. The Morgan fingerprint density at radius 1 is 0.818 bits per heavy atom. The highest BCUT2D eigenvalue weighted by Crippen LogP contribution is 2.33. The normalized spacial score (nSPS) is 9.45. The van der Waals surface area contributed by atoms with E-state index in [-0.39, 0.29) is 13.6 Å². The highest BCUT2D eigenvalue weighted by atomic mass is 31.2. The van der Waals surface area contributed by atoms with Crippen LogP contribution in [-0.2, 0) is 33.1 Å². The predicted molar refractivity (Wildman–Crippen MR) is 65.8 cm³/mol. The van der Waals surface area contributed by atoms with Crippen LogP contribution >= 0.6 is 15.2 Å². The Hall–Kier alpha value is -1.71. The lowest BCUT2D eigenvalue weighted by Gasteiger charge is -1.97. The third-order valence-electron chi connectivity index (χ3n) is 0.929. The minimum absolute atomic E-state index is 0. The van der Waals surface area contributed by atoms with Gasteiger partial charge in [-0.2, -0.15) is 9.59 Å². The summed E-state index contributed by atoms with van der Waals surface area (Å²) in [6, 6.07) is 0. The Kier molecular flexibility index (Phi) is 16.8. The molecule has 6 N–H and O–H groups in total. The monoisotopic (exact) mass is 368 g/mol. The molecule has 0 fully saturated rings. The summed E-state index contributed by atoms with van der Waals surface area (Å²) in [4.78, 5) is 77.5. The van der Waals surface area contributed by atoms with Crippen molar-refractivity contribution in [2.75, 3.05) is 12.3 Å². The van der Waals surface area contributed by atoms with Crippen LogP contribution in [0.2, 0.25) is 0 Å². The number of aliphatic carboxylic acids is 2. The molecule has 0 saturated carbocycles. The van der Waals surface area contributed by atoms with Crippen LogP contribution in [0.3, 0.4) is 0 Å². The van der Waals surface area contributed by atoms with Gasteiger partial charge in [-0.05, 0) is 0 Å². The van der Waals surface area contributed by atoms with Crippen molar-refractivity contribution in [2.24, 2.45) is 0 Å². The lowest BCUT2D eigenvalue weighted by molar-refractivity contribution is -0.191. The molecule has 15 heteroatoms. The van der Waals surface area contributed by atoms with Crippen LogP contribution in [0.4, 0.5) is 0 Å². The first-order chi connectivity index (χ1) is 9.16. The van der Waals surface area contributed by atoms with Crippen LogP contribution in [0.25, 0.3) is 0 Å². The third kappa shape index (κ3) is 36.2. The molecule has 13 nitrogen and oxygen atoms in total. The Morgan fingerprint density at radius 2 is 1.09 bits per heavy atom. The summed E-state index contributed by atoms with van der Waals surface area (Å²) in [5.41, 5.74) is 0. The minimum Gasteiger partial charge on any atom is -0.481 e. The van der Waals surface area contributed by atoms with Gasteiger partial charge < -0.3 is 29.8 Å². The van der Waals surface area contributed by atoms with E-state index in [2.05, 4.69) is 0 Å². The zero-order chi connectivity index (χ0) is 17.9. The molecule has 0 aliphatic carbocycles. The summed E-state index contributed by atoms with van der Waals surface area (Å²) in [5.74, 6) is -4.80. The topological polar surface area (TPSA) is 241 Å². The van der Waals surface area contributed by atoms with Gasteiger partial charge in [-0.1, -0.05) is 7.43 Å². The van der Waals surface area contributed by atoms with Crippen molar-refractivity contribution >= 4 is 39.1 Å². The molecule has 22 heavy (non-hydrogen) atoms. The zero-order valence-electron chi connectivity index (χ0n) is 9.85. The summed E-state index contributed by atoms with van der Waals surface area (Å²) in [5, 5.41) is 15.6. The fourth-order valence-corrected chi connectivity index (χ4v) is 1.29. The predicted octanol–water partition coefficient (Wildman–Crippen LogP) is -1.88. The molecule has 0 heterocycles. The van der Waals surface area contributed by atoms with Gasteiger partial charge in [0, 0.05) is 0 Å². The summed E-state index contributed by atoms with van der Waals surface area (Å²) in [6.45, 7) is 0. The highest BCUT2D eigenvalue weighted by molar-refractivity contribution is 7.53. The van der Waals surface area contributed by atoms with Crippen molar-refractivity contribution in [3.05, 3.63) is 0 Å². The van der Waals surface area contributed by atoms with Gasteiger partial charge in [-0.15, -0.1) is 0 Å². The van der Waals surface area contributed by atoms with Crippen molar-refractivity contribution in [3.63, 3.8) is 0 Å². The number of hydrogen-bond acceptors (Lipinski definition) is 7. The van der Waals surface area contributed by atoms with E-state index in [0.29, 0.717) is 0 Å². The number of hydrogen-bond donors (Lipinski definition) is 6. The number of carbonyl (C=O) groups is 3. The van der Waals surface area contributed by atoms with Crippen molar-refractivity contribution in [1.82, 2.24) is 0 Å². The number of carbonyl (C=O) groups excluding carboxylic acids is 3. The van der Waals surface area contributed by atoms with Crippen molar-refractivity contribution < 1.29 is 62.9 Å². The molecule has 0 saturated heterocycles. The molecule has 0 spiro atoms. The maximum atomic E-state index is 10.1. The number of ketones is 1. The Morgan fingerprint density at radius 3 is 1.14 bits per heavy atom. The van der Waals surface area contributed by atoms with Crippen LogP contribution in [0, 0.1) is 0 Å². The van der Waals surface area contributed by atoms with Crippen molar-refractivity contribution in [2.45, 2.75) is 7.43 Å². The molecular weight excluding hydrogens is 354 g/mol. The number of carboxylic acid groups (broad SMARTS) is 2. The summed E-state index contributed by atoms with van der Waals surface area (Å²) in [7, 11) is -8.83. The van der Waals surface area contributed by atoms with Crippen LogP contribution in [0.5, 0.6) is 0 Å². The maximum Gasteiger partial charge on any atom is 0.373 e. The molecule has 0 aromatic rings. The summed E-state index contributed by atoms with van der Waals surface area (Å²) in [6.07, 6.45) is -2.07. The van der Waals surface area contributed by atoms with Crippen LogP contribution in [-0.4, -0.2) is 66.0 Å². The van der Waals surface area contributed by atoms with Gasteiger partial charge in [0.1, 0.15) is 12.3 Å². The fourth-order valence-electron chi connectivity index (χ4n) is 0.431. The Labute approximate surface area is 122 Å². The maximum absolute atomic E-state index is 10.1. The van der Waals surface area contributed by atoms with E-state index in [0.717, 1.165) is 0 Å². The fraction of sp³-hybridized carbons (Fsp3) is 0.429. The van der Waals surface area contributed by atoms with E-state index in [1.807, 2.05) is 0 Å². The van der Waals surface area contributed by atoms with Gasteiger partial charge in [-0.3, -0.25) is 18.7 Å². The van der Waals surface area contributed by atoms with Crippen molar-refractivity contribution in [3.8, 4) is 0 Å². The van der Waals surface area contributed by atoms with E-state index >= 15 is 0 Å². The van der Waals surface area contributed by atoms with Gasteiger partial charge in [0.05, 0.1) is 0 Å². The average molecular weight is 368 g/mol. The highest BCUT2D eigenvalue weighted by Gasteiger charge is 2.23. The van der Waals surface area contributed by atoms with E-state index in [1.54, 1.807) is 0 Å². The second-order valence-electron chi connectivity index (χ2n) is 2.85. The summed E-state index contributed by atoms with van der Waals surface area (Å²) < 4.78 is 19.7. The first-order valence-electron chi connectivity index (χ1n) is 4.22. The van der Waals surface area contributed by atoms with Gasteiger partial charge in [0.25, 0.3) is 5.78 Å². The Balaban J connectivity index is -0.000000122. The molecule has 0 amide bonds. The molecule has 0 bridgehead atoms. The molecule has 0 atom stereocenters. The van der Waals surface area contributed by atoms with Crippen molar-refractivity contribution in [1.29, 1.82) is 0 Å². The molecule has 0 rings (SSSR count). The van der Waals surface area contributed by atoms with Crippen LogP contribution < -0.4 is 0 Å². The summed E-state index contributed by atoms with van der Waals surface area (Å²) >= 11 is 0. The standard InChI is InChI=1S/C3H5O6P.C2H5O5P.CO2.CH4/c4-2(3(5)6)1-10(7,8)9;3-2(4)1-8(5,6)7;2-1-3;/h1H2,(H,5,6)(H2,7,8,9);1H2,(H,3,4)(H2,5,6,7);;1H4. The van der Waals surface area contributed by atoms with E-state index in [1.165, 1.54) is 0 Å². The van der Waals surface area contributed by atoms with Crippen LogP contribution in [0.15, 0.2) is 0 Å². The van der Waals surface area contributed by atoms with Crippen LogP contribution in [0.1, 0.15) is 7.43 Å². The van der Waals surface area contributed by atoms with Gasteiger partial charge in [-0.25, -0.2) is 4.79 Å².